The molecule has 35 heavy (non-hydrogen) atoms. The van der Waals surface area contributed by atoms with Gasteiger partial charge in [0.05, 0.1) is 43.3 Å². The summed E-state index contributed by atoms with van der Waals surface area (Å²) < 4.78 is 10.8. The molecule has 8 nitrogen and oxygen atoms in total. The Balaban J connectivity index is 1.55. The third-order valence-electron chi connectivity index (χ3n) is 7.20. The molecule has 0 bridgehead atoms. The van der Waals surface area contributed by atoms with E-state index in [0.29, 0.717) is 21.9 Å². The molecule has 9 heteroatoms. The van der Waals surface area contributed by atoms with Crippen molar-refractivity contribution in [3.05, 3.63) is 45.5 Å². The summed E-state index contributed by atoms with van der Waals surface area (Å²) in [5.74, 6) is -2.73. The first kappa shape index (κ1) is 25.4. The smallest absolute Gasteiger partial charge is 0.423 e. The Morgan fingerprint density at radius 1 is 1.26 bits per heavy atom. The average molecular weight is 504 g/mol. The van der Waals surface area contributed by atoms with Crippen LogP contribution in [-0.2, 0) is 19.1 Å². The maximum Gasteiger partial charge on any atom is 0.423 e. The Hall–Kier alpha value is -2.68. The number of rotatable bonds is 7. The number of methoxy groups -OCH3 is 1. The molecular weight excluding hydrogens is 474 g/mol. The molecule has 0 aromatic heterocycles. The molecule has 4 rings (SSSR count). The van der Waals surface area contributed by atoms with Gasteiger partial charge in [-0.3, -0.25) is 9.59 Å². The minimum absolute atomic E-state index is 0.111. The lowest BCUT2D eigenvalue weighted by Crippen LogP contribution is -2.38. The molecule has 1 aromatic rings. The molecule has 3 amide bonds. The molecule has 2 N–H and O–H groups in total. The fraction of sp³-hybridized carbons (Fsp3) is 0.500. The van der Waals surface area contributed by atoms with E-state index in [0.717, 1.165) is 37.5 Å². The highest BCUT2D eigenvalue weighted by atomic mass is 35.5. The maximum atomic E-state index is 13.0. The van der Waals surface area contributed by atoms with Crippen LogP contribution in [0.5, 0.6) is 5.75 Å². The second-order valence-corrected chi connectivity index (χ2v) is 9.67. The minimum Gasteiger partial charge on any atom is -0.508 e. The van der Waals surface area contributed by atoms with Gasteiger partial charge in [-0.05, 0) is 60.6 Å². The van der Waals surface area contributed by atoms with Gasteiger partial charge in [-0.1, -0.05) is 36.6 Å². The van der Waals surface area contributed by atoms with Crippen LogP contribution in [0.3, 0.4) is 0 Å². The topological polar surface area (TPSA) is 113 Å². The van der Waals surface area contributed by atoms with Gasteiger partial charge >= 0.3 is 6.09 Å². The summed E-state index contributed by atoms with van der Waals surface area (Å²) in [6, 6.07) is 4.88. The lowest BCUT2D eigenvalue weighted by atomic mass is 9.69. The molecular formula is C26H30ClNO7. The number of aliphatic hydroxyl groups is 1. The molecule has 2 aliphatic heterocycles. The van der Waals surface area contributed by atoms with Gasteiger partial charge in [0.15, 0.2) is 0 Å². The van der Waals surface area contributed by atoms with Crippen molar-refractivity contribution in [3.8, 4) is 5.75 Å². The molecule has 2 saturated heterocycles. The number of fused-ring (bicyclic) bond motifs is 3. The third-order valence-corrected chi connectivity index (χ3v) is 7.53. The molecule has 2 heterocycles. The highest BCUT2D eigenvalue weighted by Gasteiger charge is 2.58. The predicted molar refractivity (Wildman–Crippen MR) is 128 cm³/mol. The van der Waals surface area contributed by atoms with Gasteiger partial charge in [-0.2, -0.15) is 4.90 Å². The molecule has 4 atom stereocenters. The van der Waals surface area contributed by atoms with E-state index in [-0.39, 0.29) is 37.4 Å². The van der Waals surface area contributed by atoms with Gasteiger partial charge in [0, 0.05) is 5.92 Å². The first-order chi connectivity index (χ1) is 16.8. The number of aromatic hydroxyl groups is 1. The summed E-state index contributed by atoms with van der Waals surface area (Å²) in [6.07, 6.45) is 4.19. The molecule has 0 saturated carbocycles. The van der Waals surface area contributed by atoms with Crippen LogP contribution in [0.4, 0.5) is 4.79 Å². The van der Waals surface area contributed by atoms with Gasteiger partial charge in [0.2, 0.25) is 11.8 Å². The van der Waals surface area contributed by atoms with Gasteiger partial charge in [-0.15, -0.1) is 0 Å². The maximum absolute atomic E-state index is 13.0. The first-order valence-corrected chi connectivity index (χ1v) is 12.3. The highest BCUT2D eigenvalue weighted by Crippen LogP contribution is 2.49. The first-order valence-electron chi connectivity index (χ1n) is 11.9. The molecule has 0 unspecified atom stereocenters. The number of hydrogen-bond acceptors (Lipinski definition) is 7. The number of allylic oxidation sites excluding steroid dienone is 1. The summed E-state index contributed by atoms with van der Waals surface area (Å²) in [6.45, 7) is 2.13. The molecule has 1 aromatic carbocycles. The monoisotopic (exact) mass is 503 g/mol. The SMILES string of the molecule is CCC/C(=C\c1ccc(O)cc1Cl)CC[C@H]1OC[C@H]2C1=C(CO)C[C@H]1C(=O)N(C(=O)OC)C(=O)[C@H]12. The van der Waals surface area contributed by atoms with Gasteiger partial charge in [0.1, 0.15) is 5.75 Å². The molecule has 3 aliphatic rings. The Labute approximate surface area is 209 Å². The normalized spacial score (nSPS) is 26.3. The van der Waals surface area contributed by atoms with Crippen molar-refractivity contribution >= 4 is 35.6 Å². The van der Waals surface area contributed by atoms with Crippen molar-refractivity contribution in [2.45, 2.75) is 45.1 Å². The van der Waals surface area contributed by atoms with Crippen molar-refractivity contribution in [1.82, 2.24) is 4.90 Å². The second kappa shape index (κ2) is 10.5. The number of imide groups is 3. The van der Waals surface area contributed by atoms with E-state index in [2.05, 4.69) is 11.7 Å². The number of aliphatic hydroxyl groups excluding tert-OH is 1. The molecule has 0 spiro atoms. The number of carbonyl (C=O) groups is 3. The zero-order valence-electron chi connectivity index (χ0n) is 19.8. The van der Waals surface area contributed by atoms with Crippen molar-refractivity contribution in [1.29, 1.82) is 0 Å². The minimum atomic E-state index is -0.973. The zero-order chi connectivity index (χ0) is 25.3. The van der Waals surface area contributed by atoms with Crippen LogP contribution in [0.25, 0.3) is 6.08 Å². The molecule has 2 fully saturated rings. The van der Waals surface area contributed by atoms with Crippen LogP contribution in [0, 0.1) is 17.8 Å². The van der Waals surface area contributed by atoms with Gasteiger partial charge < -0.3 is 19.7 Å². The Kier molecular flexibility index (Phi) is 7.64. The number of benzene rings is 1. The number of likely N-dealkylation sites (tertiary alicyclic amines) is 1. The number of ether oxygens (including phenoxy) is 2. The Bertz CT molecular complexity index is 1100. The molecule has 188 valence electrons. The quantitative estimate of drug-likeness (QED) is 0.425. The van der Waals surface area contributed by atoms with Crippen LogP contribution < -0.4 is 0 Å². The lowest BCUT2D eigenvalue weighted by molar-refractivity contribution is -0.137. The zero-order valence-corrected chi connectivity index (χ0v) is 20.6. The molecule has 1 aliphatic carbocycles. The fourth-order valence-corrected chi connectivity index (χ4v) is 5.88. The standard InChI is InChI=1S/C26H30ClNO7/c1-3-4-14(9-15-6-7-17(30)11-20(15)27)5-8-21-22-16(12-29)10-18-23(19(22)13-35-21)25(32)28(24(18)31)26(33)34-2/h6-7,9,11,18-19,21,23,29-30H,3-5,8,10,12-13H2,1-2H3/b14-9+/t18-,19+,21-,23-/m1/s1. The van der Waals surface area contributed by atoms with E-state index in [1.807, 2.05) is 6.08 Å². The van der Waals surface area contributed by atoms with Crippen LogP contribution in [0.1, 0.15) is 44.6 Å². The van der Waals surface area contributed by atoms with Crippen molar-refractivity contribution in [2.75, 3.05) is 20.3 Å². The van der Waals surface area contributed by atoms with Crippen molar-refractivity contribution in [2.24, 2.45) is 17.8 Å². The van der Waals surface area contributed by atoms with E-state index < -0.39 is 29.7 Å². The summed E-state index contributed by atoms with van der Waals surface area (Å²) in [5.41, 5.74) is 3.61. The van der Waals surface area contributed by atoms with E-state index in [4.69, 9.17) is 16.3 Å². The lowest BCUT2D eigenvalue weighted by Gasteiger charge is -2.31. The number of carbonyl (C=O) groups excluding carboxylic acids is 3. The van der Waals surface area contributed by atoms with E-state index in [1.54, 1.807) is 12.1 Å². The van der Waals surface area contributed by atoms with Crippen LogP contribution >= 0.6 is 11.6 Å². The van der Waals surface area contributed by atoms with Gasteiger partial charge in [-0.25, -0.2) is 4.79 Å². The average Bonchev–Trinajstić information content (AvgIpc) is 3.37. The third kappa shape index (κ3) is 4.75. The summed E-state index contributed by atoms with van der Waals surface area (Å²) >= 11 is 6.29. The number of amides is 3. The summed E-state index contributed by atoms with van der Waals surface area (Å²) in [4.78, 5) is 38.5. The Morgan fingerprint density at radius 2 is 2.03 bits per heavy atom. The van der Waals surface area contributed by atoms with Crippen LogP contribution in [0.15, 0.2) is 34.9 Å². The number of nitrogens with zero attached hydrogens (tertiary/aromatic N) is 1. The number of phenolic OH excluding ortho intramolecular Hbond substituents is 1. The number of phenols is 1. The van der Waals surface area contributed by atoms with E-state index >= 15 is 0 Å². The van der Waals surface area contributed by atoms with Crippen molar-refractivity contribution < 1.29 is 34.1 Å². The van der Waals surface area contributed by atoms with E-state index in [1.165, 1.54) is 11.6 Å². The van der Waals surface area contributed by atoms with Gasteiger partial charge in [0.25, 0.3) is 0 Å². The highest BCUT2D eigenvalue weighted by molar-refractivity contribution is 6.32. The largest absolute Gasteiger partial charge is 0.508 e. The van der Waals surface area contributed by atoms with E-state index in [9.17, 15) is 24.6 Å². The van der Waals surface area contributed by atoms with Crippen molar-refractivity contribution in [3.63, 3.8) is 0 Å². The molecule has 0 radical (unpaired) electrons. The number of halogens is 1. The summed E-state index contributed by atoms with van der Waals surface area (Å²) in [7, 11) is 1.13. The Morgan fingerprint density at radius 3 is 2.69 bits per heavy atom. The fourth-order valence-electron chi connectivity index (χ4n) is 5.65. The summed E-state index contributed by atoms with van der Waals surface area (Å²) in [5, 5.41) is 20.2. The number of hydrogen-bond donors (Lipinski definition) is 2. The van der Waals surface area contributed by atoms with Crippen LogP contribution in [0.2, 0.25) is 5.02 Å². The second-order valence-electron chi connectivity index (χ2n) is 9.26. The predicted octanol–water partition coefficient (Wildman–Crippen LogP) is 4.08. The van der Waals surface area contributed by atoms with Crippen LogP contribution in [-0.4, -0.2) is 59.4 Å².